The van der Waals surface area contributed by atoms with E-state index in [1.807, 2.05) is 31.2 Å². The van der Waals surface area contributed by atoms with Crippen molar-refractivity contribution >= 4 is 45.1 Å². The predicted octanol–water partition coefficient (Wildman–Crippen LogP) is 3.03. The third-order valence-corrected chi connectivity index (χ3v) is 5.08. The highest BCUT2D eigenvalue weighted by molar-refractivity contribution is 7.99. The maximum absolute atomic E-state index is 12.4. The Kier molecular flexibility index (Phi) is 4.59. The van der Waals surface area contributed by atoms with E-state index in [1.165, 1.54) is 11.5 Å². The lowest BCUT2D eigenvalue weighted by atomic mass is 10.2. The highest BCUT2D eigenvalue weighted by atomic mass is 32.2. The van der Waals surface area contributed by atoms with Crippen LogP contribution in [-0.2, 0) is 0 Å². The van der Waals surface area contributed by atoms with Crippen LogP contribution in [0.2, 0.25) is 0 Å². The van der Waals surface area contributed by atoms with Crippen molar-refractivity contribution in [3.8, 4) is 5.69 Å². The van der Waals surface area contributed by atoms with E-state index in [1.54, 1.807) is 34.6 Å². The quantitative estimate of drug-likeness (QED) is 0.529. The minimum absolute atomic E-state index is 0.183. The van der Waals surface area contributed by atoms with Gasteiger partial charge in [0.1, 0.15) is 5.52 Å². The third-order valence-electron chi connectivity index (χ3n) is 3.59. The Balaban J connectivity index is 1.51. The van der Waals surface area contributed by atoms with Gasteiger partial charge in [0.25, 0.3) is 5.91 Å². The van der Waals surface area contributed by atoms with Gasteiger partial charge in [0.05, 0.1) is 10.4 Å². The van der Waals surface area contributed by atoms with E-state index in [2.05, 4.69) is 30.4 Å². The fraction of sp³-hybridized carbons (Fsp3) is 0.125. The number of thioether (sulfide) groups is 1. The molecule has 4 aromatic rings. The molecule has 0 bridgehead atoms. The van der Waals surface area contributed by atoms with Crippen LogP contribution < -0.4 is 5.32 Å². The molecule has 0 fully saturated rings. The minimum atomic E-state index is -0.183. The summed E-state index contributed by atoms with van der Waals surface area (Å²) in [5.74, 6) is 0.700. The van der Waals surface area contributed by atoms with Crippen LogP contribution in [0.25, 0.3) is 15.9 Å². The average Bonchev–Trinajstić information content (AvgIpc) is 3.31. The normalized spacial score (nSPS) is 11.0. The summed E-state index contributed by atoms with van der Waals surface area (Å²) in [5, 5.41) is 19.3. The zero-order valence-electron chi connectivity index (χ0n) is 13.7. The lowest BCUT2D eigenvalue weighted by molar-refractivity contribution is 0.102. The van der Waals surface area contributed by atoms with Crippen molar-refractivity contribution in [2.45, 2.75) is 12.1 Å². The molecule has 1 N–H and O–H groups in total. The second-order valence-electron chi connectivity index (χ2n) is 5.26. The summed E-state index contributed by atoms with van der Waals surface area (Å²) < 4.78 is 6.43. The number of amides is 1. The maximum atomic E-state index is 12.4. The number of fused-ring (bicyclic) bond motifs is 1. The number of carbonyl (C=O) groups excluding carboxylic acids is 1. The second-order valence-corrected chi connectivity index (χ2v) is 7.28. The van der Waals surface area contributed by atoms with Crippen LogP contribution in [0.4, 0.5) is 5.69 Å². The van der Waals surface area contributed by atoms with Crippen LogP contribution >= 0.6 is 23.3 Å². The highest BCUT2D eigenvalue weighted by Crippen LogP contribution is 2.21. The lowest BCUT2D eigenvalue weighted by Gasteiger charge is -2.07. The molecule has 0 saturated carbocycles. The van der Waals surface area contributed by atoms with Crippen LogP contribution in [0.15, 0.2) is 47.6 Å². The Morgan fingerprint density at radius 2 is 2.04 bits per heavy atom. The van der Waals surface area contributed by atoms with Gasteiger partial charge in [0.15, 0.2) is 0 Å². The van der Waals surface area contributed by atoms with Crippen molar-refractivity contribution in [3.63, 3.8) is 0 Å². The van der Waals surface area contributed by atoms with E-state index < -0.39 is 0 Å². The Bertz CT molecular complexity index is 1060. The first kappa shape index (κ1) is 16.6. The van der Waals surface area contributed by atoms with Gasteiger partial charge in [-0.2, -0.15) is 4.68 Å². The summed E-state index contributed by atoms with van der Waals surface area (Å²) in [4.78, 5) is 12.4. The lowest BCUT2D eigenvalue weighted by Crippen LogP contribution is -2.11. The first-order valence-electron chi connectivity index (χ1n) is 7.79. The van der Waals surface area contributed by atoms with Crippen molar-refractivity contribution < 1.29 is 4.79 Å². The summed E-state index contributed by atoms with van der Waals surface area (Å²) >= 11 is 2.83. The Labute approximate surface area is 156 Å². The fourth-order valence-electron chi connectivity index (χ4n) is 2.37. The van der Waals surface area contributed by atoms with Crippen molar-refractivity contribution in [2.24, 2.45) is 0 Å². The summed E-state index contributed by atoms with van der Waals surface area (Å²) in [6.07, 6.45) is 0. The zero-order chi connectivity index (χ0) is 17.9. The molecule has 2 aromatic carbocycles. The molecule has 26 heavy (non-hydrogen) atoms. The Morgan fingerprint density at radius 1 is 1.19 bits per heavy atom. The standard InChI is InChI=1S/C16H13N7OS2/c1-2-25-16-19-20-21-23(16)12-6-4-11(5-7-12)17-15(24)10-3-8-13-14(9-10)26-22-18-13/h3-9H,2H2,1H3,(H,17,24). The number of tetrazole rings is 1. The molecule has 2 aromatic heterocycles. The van der Waals surface area contributed by atoms with Crippen molar-refractivity contribution in [2.75, 3.05) is 11.1 Å². The Hall–Kier alpha value is -2.85. The summed E-state index contributed by atoms with van der Waals surface area (Å²) in [5.41, 5.74) is 2.88. The summed E-state index contributed by atoms with van der Waals surface area (Å²) in [6, 6.07) is 12.7. The number of anilines is 1. The van der Waals surface area contributed by atoms with E-state index in [4.69, 9.17) is 0 Å². The maximum Gasteiger partial charge on any atom is 0.255 e. The molecule has 4 rings (SSSR count). The monoisotopic (exact) mass is 383 g/mol. The van der Waals surface area contributed by atoms with Gasteiger partial charge in [-0.15, -0.1) is 10.2 Å². The molecule has 8 nitrogen and oxygen atoms in total. The number of hydrogen-bond acceptors (Lipinski definition) is 8. The van der Waals surface area contributed by atoms with Crippen LogP contribution in [0, 0.1) is 0 Å². The molecule has 0 aliphatic rings. The van der Waals surface area contributed by atoms with Crippen LogP contribution in [-0.4, -0.2) is 41.5 Å². The molecule has 130 valence electrons. The average molecular weight is 383 g/mol. The van der Waals surface area contributed by atoms with E-state index in [0.717, 1.165) is 26.8 Å². The van der Waals surface area contributed by atoms with Crippen molar-refractivity contribution in [1.29, 1.82) is 0 Å². The van der Waals surface area contributed by atoms with Gasteiger partial charge in [-0.25, -0.2) is 0 Å². The molecule has 0 aliphatic heterocycles. The molecular formula is C16H13N7OS2. The van der Waals surface area contributed by atoms with Gasteiger partial charge in [-0.05, 0) is 70.2 Å². The molecule has 1 amide bonds. The van der Waals surface area contributed by atoms with Crippen molar-refractivity contribution in [1.82, 2.24) is 29.8 Å². The first-order valence-corrected chi connectivity index (χ1v) is 9.55. The SMILES string of the molecule is CCSc1nnnn1-c1ccc(NC(=O)c2ccc3nnsc3c2)cc1. The molecule has 2 heterocycles. The summed E-state index contributed by atoms with van der Waals surface area (Å²) in [6.45, 7) is 2.04. The third kappa shape index (κ3) is 3.28. The molecule has 10 heteroatoms. The van der Waals surface area contributed by atoms with Crippen LogP contribution in [0.5, 0.6) is 0 Å². The smallest absolute Gasteiger partial charge is 0.255 e. The van der Waals surface area contributed by atoms with E-state index in [-0.39, 0.29) is 5.91 Å². The molecular weight excluding hydrogens is 370 g/mol. The number of carbonyl (C=O) groups is 1. The topological polar surface area (TPSA) is 98.5 Å². The van der Waals surface area contributed by atoms with Crippen molar-refractivity contribution in [3.05, 3.63) is 48.0 Å². The van der Waals surface area contributed by atoms with E-state index >= 15 is 0 Å². The molecule has 0 aliphatic carbocycles. The van der Waals surface area contributed by atoms with Gasteiger partial charge in [0.2, 0.25) is 5.16 Å². The summed E-state index contributed by atoms with van der Waals surface area (Å²) in [7, 11) is 0. The van der Waals surface area contributed by atoms with Gasteiger partial charge in [-0.3, -0.25) is 4.79 Å². The van der Waals surface area contributed by atoms with Gasteiger partial charge in [0, 0.05) is 11.3 Å². The highest BCUT2D eigenvalue weighted by Gasteiger charge is 2.10. The molecule has 0 spiro atoms. The number of aromatic nitrogens is 6. The predicted molar refractivity (Wildman–Crippen MR) is 101 cm³/mol. The number of benzene rings is 2. The number of nitrogens with one attached hydrogen (secondary N) is 1. The zero-order valence-corrected chi connectivity index (χ0v) is 15.3. The van der Waals surface area contributed by atoms with Gasteiger partial charge >= 0.3 is 0 Å². The van der Waals surface area contributed by atoms with E-state index in [9.17, 15) is 4.79 Å². The first-order chi connectivity index (χ1) is 12.7. The number of nitrogens with zero attached hydrogens (tertiary/aromatic N) is 6. The minimum Gasteiger partial charge on any atom is -0.322 e. The van der Waals surface area contributed by atoms with Crippen LogP contribution in [0.3, 0.4) is 0 Å². The van der Waals surface area contributed by atoms with E-state index in [0.29, 0.717) is 11.3 Å². The number of hydrogen-bond donors (Lipinski definition) is 1. The van der Waals surface area contributed by atoms with Crippen LogP contribution in [0.1, 0.15) is 17.3 Å². The molecule has 0 radical (unpaired) electrons. The molecule has 0 unspecified atom stereocenters. The molecule has 0 atom stereocenters. The largest absolute Gasteiger partial charge is 0.322 e. The Morgan fingerprint density at radius 3 is 2.85 bits per heavy atom. The van der Waals surface area contributed by atoms with Gasteiger partial charge < -0.3 is 5.32 Å². The fourth-order valence-corrected chi connectivity index (χ4v) is 3.58. The van der Waals surface area contributed by atoms with Gasteiger partial charge in [-0.1, -0.05) is 23.2 Å². The second kappa shape index (κ2) is 7.18. The molecule has 0 saturated heterocycles. The number of rotatable bonds is 5.